The monoisotopic (exact) mass is 231 g/mol. The minimum absolute atomic E-state index is 0.252. The predicted octanol–water partition coefficient (Wildman–Crippen LogP) is 1.90. The molecule has 0 aliphatic rings. The van der Waals surface area contributed by atoms with Crippen molar-refractivity contribution >= 4 is 0 Å². The van der Waals surface area contributed by atoms with Gasteiger partial charge in [0.15, 0.2) is 0 Å². The Morgan fingerprint density at radius 1 is 1.53 bits per heavy atom. The molecule has 86 valence electrons. The standard InChI is InChI=1S/C12H10FN3O/c1-2-4-10(14)12-15-11(16-17-12)8-5-3-6-9(13)7-8/h1,3,5-7,10H,4,14H2. The Balaban J connectivity index is 2.27. The molecule has 1 unspecified atom stereocenters. The van der Waals surface area contributed by atoms with Gasteiger partial charge in [0, 0.05) is 12.0 Å². The maximum absolute atomic E-state index is 13.0. The maximum Gasteiger partial charge on any atom is 0.244 e. The van der Waals surface area contributed by atoms with E-state index in [1.54, 1.807) is 12.1 Å². The van der Waals surface area contributed by atoms with Crippen molar-refractivity contribution in [3.8, 4) is 23.7 Å². The molecule has 0 bridgehead atoms. The van der Waals surface area contributed by atoms with Gasteiger partial charge < -0.3 is 10.3 Å². The van der Waals surface area contributed by atoms with Crippen LogP contribution >= 0.6 is 0 Å². The van der Waals surface area contributed by atoms with Crippen molar-refractivity contribution in [1.82, 2.24) is 10.1 Å². The molecule has 5 heteroatoms. The quantitative estimate of drug-likeness (QED) is 0.819. The Morgan fingerprint density at radius 2 is 2.35 bits per heavy atom. The van der Waals surface area contributed by atoms with Crippen molar-refractivity contribution in [3.63, 3.8) is 0 Å². The Kier molecular flexibility index (Phi) is 3.17. The molecule has 1 atom stereocenters. The van der Waals surface area contributed by atoms with Crippen LogP contribution in [0.5, 0.6) is 0 Å². The summed E-state index contributed by atoms with van der Waals surface area (Å²) in [6.07, 6.45) is 5.45. The van der Waals surface area contributed by atoms with E-state index in [-0.39, 0.29) is 11.7 Å². The number of halogens is 1. The first-order valence-corrected chi connectivity index (χ1v) is 4.99. The molecule has 0 aliphatic carbocycles. The molecule has 1 heterocycles. The van der Waals surface area contributed by atoms with Crippen molar-refractivity contribution in [2.45, 2.75) is 12.5 Å². The molecule has 0 saturated carbocycles. The van der Waals surface area contributed by atoms with E-state index in [1.807, 2.05) is 0 Å². The van der Waals surface area contributed by atoms with E-state index in [2.05, 4.69) is 16.1 Å². The molecule has 0 aliphatic heterocycles. The highest BCUT2D eigenvalue weighted by Gasteiger charge is 2.14. The van der Waals surface area contributed by atoms with Gasteiger partial charge in [0.1, 0.15) is 5.82 Å². The summed E-state index contributed by atoms with van der Waals surface area (Å²) in [5, 5.41) is 3.73. The van der Waals surface area contributed by atoms with Crippen molar-refractivity contribution in [1.29, 1.82) is 0 Å². The lowest BCUT2D eigenvalue weighted by atomic mass is 10.2. The number of terminal acetylenes is 1. The van der Waals surface area contributed by atoms with Gasteiger partial charge in [-0.05, 0) is 12.1 Å². The molecule has 0 fully saturated rings. The molecule has 1 aromatic carbocycles. The molecule has 0 saturated heterocycles. The summed E-state index contributed by atoms with van der Waals surface area (Å²) in [5.41, 5.74) is 6.25. The van der Waals surface area contributed by atoms with Gasteiger partial charge >= 0.3 is 0 Å². The van der Waals surface area contributed by atoms with Crippen LogP contribution in [0, 0.1) is 18.2 Å². The third-order valence-corrected chi connectivity index (χ3v) is 2.18. The first-order valence-electron chi connectivity index (χ1n) is 4.99. The van der Waals surface area contributed by atoms with Crippen LogP contribution in [0.3, 0.4) is 0 Å². The topological polar surface area (TPSA) is 64.9 Å². The average Bonchev–Trinajstić information content (AvgIpc) is 2.78. The zero-order valence-electron chi connectivity index (χ0n) is 8.93. The van der Waals surface area contributed by atoms with Crippen molar-refractivity contribution in [3.05, 3.63) is 36.0 Å². The van der Waals surface area contributed by atoms with E-state index in [1.165, 1.54) is 12.1 Å². The summed E-state index contributed by atoms with van der Waals surface area (Å²) in [4.78, 5) is 4.08. The number of rotatable bonds is 3. The van der Waals surface area contributed by atoms with E-state index in [0.717, 1.165) is 0 Å². The molecule has 4 nitrogen and oxygen atoms in total. The second-order valence-electron chi connectivity index (χ2n) is 3.48. The normalized spacial score (nSPS) is 12.1. The highest BCUT2D eigenvalue weighted by atomic mass is 19.1. The van der Waals surface area contributed by atoms with Gasteiger partial charge in [0.05, 0.1) is 6.04 Å². The molecule has 1 aromatic heterocycles. The number of hydrogen-bond acceptors (Lipinski definition) is 4. The van der Waals surface area contributed by atoms with Gasteiger partial charge in [-0.3, -0.25) is 0 Å². The Labute approximate surface area is 97.6 Å². The molecule has 2 aromatic rings. The fourth-order valence-corrected chi connectivity index (χ4v) is 1.34. The third kappa shape index (κ3) is 2.49. The lowest BCUT2D eigenvalue weighted by molar-refractivity contribution is 0.357. The average molecular weight is 231 g/mol. The molecular formula is C12H10FN3O. The second kappa shape index (κ2) is 4.76. The SMILES string of the molecule is C#CCC(N)c1nc(-c2cccc(F)c2)no1. The van der Waals surface area contributed by atoms with E-state index in [9.17, 15) is 4.39 Å². The Hall–Kier alpha value is -2.19. The van der Waals surface area contributed by atoms with E-state index in [4.69, 9.17) is 16.7 Å². The van der Waals surface area contributed by atoms with Gasteiger partial charge in [-0.25, -0.2) is 4.39 Å². The van der Waals surface area contributed by atoms with Crippen LogP contribution in [0.15, 0.2) is 28.8 Å². The number of hydrogen-bond donors (Lipinski definition) is 1. The highest BCUT2D eigenvalue weighted by molar-refractivity contribution is 5.53. The third-order valence-electron chi connectivity index (χ3n) is 2.18. The number of nitrogens with zero attached hydrogens (tertiary/aromatic N) is 2. The zero-order chi connectivity index (χ0) is 12.3. The van der Waals surface area contributed by atoms with Crippen LogP contribution in [-0.2, 0) is 0 Å². The lowest BCUT2D eigenvalue weighted by Gasteiger charge is -1.98. The zero-order valence-corrected chi connectivity index (χ0v) is 8.93. The summed E-state index contributed by atoms with van der Waals surface area (Å²) in [5.74, 6) is 2.60. The molecule has 17 heavy (non-hydrogen) atoms. The Bertz CT molecular complexity index is 559. The van der Waals surface area contributed by atoms with Crippen LogP contribution in [0.25, 0.3) is 11.4 Å². The van der Waals surface area contributed by atoms with Gasteiger partial charge in [-0.15, -0.1) is 12.3 Å². The largest absolute Gasteiger partial charge is 0.337 e. The first-order chi connectivity index (χ1) is 8.20. The number of nitrogens with two attached hydrogens (primary N) is 1. The maximum atomic E-state index is 13.0. The van der Waals surface area contributed by atoms with E-state index in [0.29, 0.717) is 17.8 Å². The van der Waals surface area contributed by atoms with E-state index >= 15 is 0 Å². The molecule has 2 N–H and O–H groups in total. The minimum Gasteiger partial charge on any atom is -0.337 e. The smallest absolute Gasteiger partial charge is 0.244 e. The fraction of sp³-hybridized carbons (Fsp3) is 0.167. The van der Waals surface area contributed by atoms with Crippen molar-refractivity contribution in [2.24, 2.45) is 5.73 Å². The summed E-state index contributed by atoms with van der Waals surface area (Å²) in [6.45, 7) is 0. The van der Waals surface area contributed by atoms with Crippen molar-refractivity contribution < 1.29 is 8.91 Å². The second-order valence-corrected chi connectivity index (χ2v) is 3.48. The number of aromatic nitrogens is 2. The number of benzene rings is 1. The summed E-state index contributed by atoms with van der Waals surface area (Å²) in [6, 6.07) is 5.43. The van der Waals surface area contributed by atoms with Crippen LogP contribution in [0.4, 0.5) is 4.39 Å². The predicted molar refractivity (Wildman–Crippen MR) is 60.1 cm³/mol. The van der Waals surface area contributed by atoms with Gasteiger partial charge in [-0.1, -0.05) is 17.3 Å². The molecule has 0 spiro atoms. The van der Waals surface area contributed by atoms with Crippen LogP contribution in [0.2, 0.25) is 0 Å². The first kappa shape index (κ1) is 11.3. The molecule has 2 rings (SSSR count). The van der Waals surface area contributed by atoms with Gasteiger partial charge in [-0.2, -0.15) is 4.98 Å². The van der Waals surface area contributed by atoms with Crippen LogP contribution < -0.4 is 5.73 Å². The fourth-order valence-electron chi connectivity index (χ4n) is 1.34. The van der Waals surface area contributed by atoms with Crippen LogP contribution in [0.1, 0.15) is 18.4 Å². The highest BCUT2D eigenvalue weighted by Crippen LogP contribution is 2.19. The molecular weight excluding hydrogens is 221 g/mol. The lowest BCUT2D eigenvalue weighted by Crippen LogP contribution is -2.09. The van der Waals surface area contributed by atoms with E-state index < -0.39 is 6.04 Å². The molecule has 0 amide bonds. The summed E-state index contributed by atoms with van der Waals surface area (Å²) < 4.78 is 18.0. The van der Waals surface area contributed by atoms with Crippen LogP contribution in [-0.4, -0.2) is 10.1 Å². The minimum atomic E-state index is -0.491. The van der Waals surface area contributed by atoms with Gasteiger partial charge in [0.2, 0.25) is 11.7 Å². The summed E-state index contributed by atoms with van der Waals surface area (Å²) >= 11 is 0. The summed E-state index contributed by atoms with van der Waals surface area (Å²) in [7, 11) is 0. The molecule has 0 radical (unpaired) electrons. The van der Waals surface area contributed by atoms with Gasteiger partial charge in [0.25, 0.3) is 0 Å². The van der Waals surface area contributed by atoms with Crippen molar-refractivity contribution in [2.75, 3.05) is 0 Å². The Morgan fingerprint density at radius 3 is 3.06 bits per heavy atom.